The molecule has 12 nitrogen and oxygen atoms in total. The van der Waals surface area contributed by atoms with E-state index < -0.39 is 51.3 Å². The maximum Gasteiger partial charge on any atom is 0.416 e. The third-order valence-electron chi connectivity index (χ3n) is 8.25. The van der Waals surface area contributed by atoms with Gasteiger partial charge >= 0.3 is 18.1 Å². The number of ether oxygens (including phenoxy) is 2. The first-order valence-electron chi connectivity index (χ1n) is 15.2. The highest BCUT2D eigenvalue weighted by Crippen LogP contribution is 2.33. The van der Waals surface area contributed by atoms with Crippen molar-refractivity contribution in [2.45, 2.75) is 64.8 Å². The fraction of sp³-hybridized carbons (Fsp3) is 0.469. The zero-order valence-corrected chi connectivity index (χ0v) is 27.7. The Labute approximate surface area is 276 Å². The molecule has 0 aliphatic carbocycles. The largest absolute Gasteiger partial charge is 0.462 e. The number of nitrogens with zero attached hydrogens (tertiary/aromatic N) is 3. The molecule has 4 rings (SSSR count). The lowest BCUT2D eigenvalue weighted by molar-refractivity contribution is -0.155. The molecule has 0 radical (unpaired) electrons. The third kappa shape index (κ3) is 8.78. The van der Waals surface area contributed by atoms with Crippen LogP contribution in [0.5, 0.6) is 0 Å². The number of anilines is 1. The number of alkyl halides is 3. The topological polar surface area (TPSA) is 152 Å². The van der Waals surface area contributed by atoms with Gasteiger partial charge in [0.1, 0.15) is 18.0 Å². The van der Waals surface area contributed by atoms with E-state index in [1.165, 1.54) is 42.1 Å². The zero-order valence-electron chi connectivity index (χ0n) is 26.9. The Morgan fingerprint density at radius 1 is 1.04 bits per heavy atom. The summed E-state index contributed by atoms with van der Waals surface area (Å²) in [6, 6.07) is 9.38. The minimum absolute atomic E-state index is 0.0435. The van der Waals surface area contributed by atoms with Gasteiger partial charge in [0.15, 0.2) is 6.10 Å². The number of carbonyl (C=O) groups excluding carboxylic acids is 4. The molecule has 1 fully saturated rings. The number of nitrogens with one attached hydrogen (secondary N) is 1. The number of benzene rings is 2. The van der Waals surface area contributed by atoms with Crippen LogP contribution >= 0.6 is 0 Å². The summed E-state index contributed by atoms with van der Waals surface area (Å²) >= 11 is 0. The van der Waals surface area contributed by atoms with Crippen molar-refractivity contribution in [1.82, 2.24) is 9.62 Å². The van der Waals surface area contributed by atoms with E-state index >= 15 is 0 Å². The number of amidine groups is 1. The van der Waals surface area contributed by atoms with E-state index in [1.54, 1.807) is 25.1 Å². The van der Waals surface area contributed by atoms with Gasteiger partial charge in [-0.2, -0.15) is 13.2 Å². The van der Waals surface area contributed by atoms with Gasteiger partial charge in [0.25, 0.3) is 5.91 Å². The molecule has 0 saturated carbocycles. The number of sulfonamides is 1. The van der Waals surface area contributed by atoms with Crippen LogP contribution in [0.1, 0.15) is 55.9 Å². The Bertz CT molecular complexity index is 1700. The predicted octanol–water partition coefficient (Wildman–Crippen LogP) is 3.15. The molecular weight excluding hydrogens is 657 g/mol. The van der Waals surface area contributed by atoms with Crippen molar-refractivity contribution >= 4 is 45.3 Å². The molecule has 1 N–H and O–H groups in total. The first-order chi connectivity index (χ1) is 22.4. The van der Waals surface area contributed by atoms with E-state index in [0.29, 0.717) is 11.3 Å². The molecule has 2 amide bonds. The summed E-state index contributed by atoms with van der Waals surface area (Å²) in [5.74, 6) is -1.99. The highest BCUT2D eigenvalue weighted by Gasteiger charge is 2.47. The van der Waals surface area contributed by atoms with E-state index in [-0.39, 0.29) is 63.0 Å². The summed E-state index contributed by atoms with van der Waals surface area (Å²) in [7, 11) is -3.73. The standard InChI is InChI=1S/C32H37F3N4O8S/c1-20-17-27(39(21(2)40)18-28(47-23(4)42)19-46-22(3)41)10-7-24(20)11-16-48(44,45)38-14-12-31(13-15-38)30(43)36-29(37-31)25-5-8-26(9-6-25)32(33,34)35/h5-10,17,28H,11-16,18-19H2,1-4H3,(H,36,37,43). The molecule has 1 atom stereocenters. The lowest BCUT2D eigenvalue weighted by atomic mass is 9.89. The van der Waals surface area contributed by atoms with Crippen LogP contribution in [0.25, 0.3) is 0 Å². The van der Waals surface area contributed by atoms with Crippen LogP contribution in [0.4, 0.5) is 18.9 Å². The predicted molar refractivity (Wildman–Crippen MR) is 169 cm³/mol. The highest BCUT2D eigenvalue weighted by atomic mass is 32.2. The maximum atomic E-state index is 13.3. The van der Waals surface area contributed by atoms with Gasteiger partial charge < -0.3 is 19.7 Å². The van der Waals surface area contributed by atoms with Crippen LogP contribution in [0, 0.1) is 6.92 Å². The van der Waals surface area contributed by atoms with Crippen molar-refractivity contribution in [2.24, 2.45) is 4.99 Å². The number of aryl methyl sites for hydroxylation is 2. The van der Waals surface area contributed by atoms with Crippen molar-refractivity contribution in [3.8, 4) is 0 Å². The number of hydrogen-bond donors (Lipinski definition) is 1. The van der Waals surface area contributed by atoms with Crippen LogP contribution in [-0.2, 0) is 51.3 Å². The molecule has 1 saturated heterocycles. The highest BCUT2D eigenvalue weighted by molar-refractivity contribution is 7.89. The SMILES string of the molecule is CC(=O)OCC(CN(C(C)=O)c1ccc(CCS(=O)(=O)N2CCC3(CC2)N=C(c2ccc(C(F)(F)F)cc2)NC3=O)c(C)c1)OC(C)=O. The van der Waals surface area contributed by atoms with Crippen LogP contribution in [0.15, 0.2) is 47.5 Å². The lowest BCUT2D eigenvalue weighted by Gasteiger charge is -2.34. The van der Waals surface area contributed by atoms with Crippen molar-refractivity contribution in [1.29, 1.82) is 0 Å². The van der Waals surface area contributed by atoms with Gasteiger partial charge in [0, 0.05) is 45.1 Å². The first kappa shape index (κ1) is 36.5. The summed E-state index contributed by atoms with van der Waals surface area (Å²) in [6.45, 7) is 5.32. The van der Waals surface area contributed by atoms with E-state index in [4.69, 9.17) is 9.47 Å². The van der Waals surface area contributed by atoms with Crippen molar-refractivity contribution in [2.75, 3.05) is 36.9 Å². The molecule has 2 heterocycles. The molecule has 1 spiro atoms. The second-order valence-corrected chi connectivity index (χ2v) is 13.8. The maximum absolute atomic E-state index is 13.3. The fourth-order valence-corrected chi connectivity index (χ4v) is 7.10. The van der Waals surface area contributed by atoms with Gasteiger partial charge in [-0.05, 0) is 61.6 Å². The quantitative estimate of drug-likeness (QED) is 0.353. The van der Waals surface area contributed by atoms with Crippen LogP contribution in [-0.4, -0.2) is 85.9 Å². The van der Waals surface area contributed by atoms with Crippen molar-refractivity contribution in [3.05, 3.63) is 64.7 Å². The molecule has 2 aromatic rings. The average molecular weight is 695 g/mol. The summed E-state index contributed by atoms with van der Waals surface area (Å²) in [6.07, 6.45) is -4.99. The normalized spacial score (nSPS) is 17.0. The molecule has 0 aromatic heterocycles. The molecule has 2 aliphatic heterocycles. The van der Waals surface area contributed by atoms with Crippen molar-refractivity contribution in [3.63, 3.8) is 0 Å². The minimum atomic E-state index is -4.50. The third-order valence-corrected chi connectivity index (χ3v) is 10.1. The summed E-state index contributed by atoms with van der Waals surface area (Å²) in [5.41, 5.74) is 0.239. The number of halogens is 3. The summed E-state index contributed by atoms with van der Waals surface area (Å²) in [4.78, 5) is 54.1. The smallest absolute Gasteiger partial charge is 0.416 e. The van der Waals surface area contributed by atoms with Gasteiger partial charge in [-0.15, -0.1) is 0 Å². The Hall–Kier alpha value is -4.31. The molecule has 48 heavy (non-hydrogen) atoms. The second-order valence-electron chi connectivity index (χ2n) is 11.8. The molecule has 16 heteroatoms. The van der Waals surface area contributed by atoms with Crippen LogP contribution < -0.4 is 10.2 Å². The van der Waals surface area contributed by atoms with Crippen LogP contribution in [0.2, 0.25) is 0 Å². The Morgan fingerprint density at radius 2 is 1.69 bits per heavy atom. The van der Waals surface area contributed by atoms with Gasteiger partial charge in [0.2, 0.25) is 15.9 Å². The molecule has 1 unspecified atom stereocenters. The number of amides is 2. The molecular formula is C32H37F3N4O8S. The van der Waals surface area contributed by atoms with Gasteiger partial charge in [-0.25, -0.2) is 12.7 Å². The molecule has 260 valence electrons. The summed E-state index contributed by atoms with van der Waals surface area (Å²) < 4.78 is 76.9. The number of rotatable bonds is 11. The van der Waals surface area contributed by atoms with E-state index in [2.05, 4.69) is 10.3 Å². The molecule has 2 aromatic carbocycles. The van der Waals surface area contributed by atoms with Gasteiger partial charge in [-0.1, -0.05) is 18.2 Å². The first-order valence-corrected chi connectivity index (χ1v) is 16.8. The Morgan fingerprint density at radius 3 is 2.23 bits per heavy atom. The number of carbonyl (C=O) groups is 4. The Balaban J connectivity index is 1.38. The van der Waals surface area contributed by atoms with Crippen LogP contribution in [0.3, 0.4) is 0 Å². The molecule has 0 bridgehead atoms. The number of hydrogen-bond acceptors (Lipinski definition) is 9. The Kier molecular flexibility index (Phi) is 11.0. The number of esters is 2. The van der Waals surface area contributed by atoms with Crippen molar-refractivity contribution < 1.29 is 50.2 Å². The monoisotopic (exact) mass is 694 g/mol. The molecule has 2 aliphatic rings. The van der Waals surface area contributed by atoms with Gasteiger partial charge in [-0.3, -0.25) is 24.2 Å². The fourth-order valence-electron chi connectivity index (χ4n) is 5.63. The lowest BCUT2D eigenvalue weighted by Crippen LogP contribution is -2.50. The van der Waals surface area contributed by atoms with E-state index in [1.807, 2.05) is 0 Å². The minimum Gasteiger partial charge on any atom is -0.462 e. The van der Waals surface area contributed by atoms with E-state index in [0.717, 1.165) is 23.3 Å². The number of piperidine rings is 1. The zero-order chi connectivity index (χ0) is 35.4. The van der Waals surface area contributed by atoms with E-state index in [9.17, 15) is 40.8 Å². The van der Waals surface area contributed by atoms with Gasteiger partial charge in [0.05, 0.1) is 17.9 Å². The summed E-state index contributed by atoms with van der Waals surface area (Å²) in [5, 5.41) is 2.64. The number of aliphatic imine (C=N–C) groups is 1. The second kappa shape index (κ2) is 14.4. The average Bonchev–Trinajstić information content (AvgIpc) is 3.32.